The SMILES string of the molecule is CC(C)[C@H](NS(=O)(=O)c1ccc2c(c1)sc1ccccc12)C(=O)O. The van der Waals surface area contributed by atoms with Gasteiger partial charge in [-0.05, 0) is 24.1 Å². The first-order valence-electron chi connectivity index (χ1n) is 7.46. The van der Waals surface area contributed by atoms with Crippen LogP contribution >= 0.6 is 11.3 Å². The predicted octanol–water partition coefficient (Wildman–Crippen LogP) is 3.44. The van der Waals surface area contributed by atoms with E-state index in [9.17, 15) is 18.3 Å². The number of carboxylic acids is 1. The molecule has 0 saturated heterocycles. The van der Waals surface area contributed by atoms with Gasteiger partial charge in [0.1, 0.15) is 6.04 Å². The fourth-order valence-electron chi connectivity index (χ4n) is 2.58. The van der Waals surface area contributed by atoms with Crippen molar-refractivity contribution in [2.24, 2.45) is 5.92 Å². The third kappa shape index (κ3) is 3.02. The lowest BCUT2D eigenvalue weighted by Gasteiger charge is -2.18. The largest absolute Gasteiger partial charge is 0.480 e. The number of nitrogens with one attached hydrogen (secondary N) is 1. The van der Waals surface area contributed by atoms with Gasteiger partial charge in [0.25, 0.3) is 0 Å². The van der Waals surface area contributed by atoms with E-state index in [2.05, 4.69) is 4.72 Å². The maximum atomic E-state index is 12.5. The Labute approximate surface area is 144 Å². The molecular formula is C17H17NO4S2. The van der Waals surface area contributed by atoms with Gasteiger partial charge in [-0.25, -0.2) is 8.42 Å². The van der Waals surface area contributed by atoms with Crippen molar-refractivity contribution in [3.05, 3.63) is 42.5 Å². The van der Waals surface area contributed by atoms with Crippen LogP contribution in [0.5, 0.6) is 0 Å². The topological polar surface area (TPSA) is 83.5 Å². The van der Waals surface area contributed by atoms with Crippen molar-refractivity contribution in [1.29, 1.82) is 0 Å². The van der Waals surface area contributed by atoms with E-state index in [4.69, 9.17) is 0 Å². The summed E-state index contributed by atoms with van der Waals surface area (Å²) in [5.41, 5.74) is 0. The molecule has 7 heteroatoms. The number of thiophene rings is 1. The number of hydrogen-bond acceptors (Lipinski definition) is 4. The molecule has 0 unspecified atom stereocenters. The fourth-order valence-corrected chi connectivity index (χ4v) is 5.16. The second kappa shape index (κ2) is 6.16. The maximum Gasteiger partial charge on any atom is 0.322 e. The Balaban J connectivity index is 2.04. The Hall–Kier alpha value is -1.96. The average molecular weight is 363 g/mol. The molecule has 2 N–H and O–H groups in total. The molecule has 2 aromatic carbocycles. The lowest BCUT2D eigenvalue weighted by molar-refractivity contribution is -0.140. The van der Waals surface area contributed by atoms with Crippen molar-refractivity contribution in [1.82, 2.24) is 4.72 Å². The number of benzene rings is 2. The zero-order valence-electron chi connectivity index (χ0n) is 13.2. The van der Waals surface area contributed by atoms with Gasteiger partial charge in [-0.2, -0.15) is 4.72 Å². The molecule has 126 valence electrons. The molecule has 0 aliphatic carbocycles. The van der Waals surface area contributed by atoms with Crippen LogP contribution in [0.25, 0.3) is 20.2 Å². The van der Waals surface area contributed by atoms with Crippen molar-refractivity contribution in [3.63, 3.8) is 0 Å². The van der Waals surface area contributed by atoms with Gasteiger partial charge >= 0.3 is 5.97 Å². The van der Waals surface area contributed by atoms with Crippen molar-refractivity contribution in [2.45, 2.75) is 24.8 Å². The highest BCUT2D eigenvalue weighted by atomic mass is 32.2. The van der Waals surface area contributed by atoms with Gasteiger partial charge in [0, 0.05) is 20.2 Å². The number of rotatable bonds is 5. The van der Waals surface area contributed by atoms with E-state index >= 15 is 0 Å². The normalized spacial score (nSPS) is 13.6. The summed E-state index contributed by atoms with van der Waals surface area (Å²) < 4.78 is 29.3. The molecular weight excluding hydrogens is 346 g/mol. The molecule has 5 nitrogen and oxygen atoms in total. The number of fused-ring (bicyclic) bond motifs is 3. The second-order valence-corrected chi connectivity index (χ2v) is 8.74. The summed E-state index contributed by atoms with van der Waals surface area (Å²) in [5.74, 6) is -1.54. The Bertz CT molecular complexity index is 1020. The first kappa shape index (κ1) is 16.9. The molecule has 0 spiro atoms. The molecule has 24 heavy (non-hydrogen) atoms. The van der Waals surface area contributed by atoms with E-state index in [1.54, 1.807) is 26.0 Å². The molecule has 1 heterocycles. The van der Waals surface area contributed by atoms with E-state index in [-0.39, 0.29) is 10.8 Å². The van der Waals surface area contributed by atoms with Gasteiger partial charge in [-0.1, -0.05) is 38.1 Å². The molecule has 0 fully saturated rings. The molecule has 3 aromatic rings. The van der Waals surface area contributed by atoms with Gasteiger partial charge in [0.05, 0.1) is 4.90 Å². The summed E-state index contributed by atoms with van der Waals surface area (Å²) in [4.78, 5) is 11.3. The van der Waals surface area contributed by atoms with Crippen LogP contribution in [0.4, 0.5) is 0 Å². The summed E-state index contributed by atoms with van der Waals surface area (Å²) in [6, 6.07) is 11.6. The van der Waals surface area contributed by atoms with Crippen LogP contribution in [0, 0.1) is 5.92 Å². The number of carbonyl (C=O) groups is 1. The van der Waals surface area contributed by atoms with Crippen LogP contribution in [0.1, 0.15) is 13.8 Å². The van der Waals surface area contributed by atoms with E-state index in [0.29, 0.717) is 0 Å². The Kier molecular flexibility index (Phi) is 4.33. The van der Waals surface area contributed by atoms with Crippen LogP contribution in [-0.2, 0) is 14.8 Å². The Morgan fingerprint density at radius 1 is 1.08 bits per heavy atom. The molecule has 0 bridgehead atoms. The van der Waals surface area contributed by atoms with Gasteiger partial charge < -0.3 is 5.11 Å². The number of aliphatic carboxylic acids is 1. The highest BCUT2D eigenvalue weighted by molar-refractivity contribution is 7.89. The van der Waals surface area contributed by atoms with Crippen molar-refractivity contribution in [3.8, 4) is 0 Å². The standard InChI is InChI=1S/C17H17NO4S2/c1-10(2)16(17(19)20)18-24(21,22)11-7-8-13-12-5-3-4-6-14(12)23-15(13)9-11/h3-10,16,18H,1-2H3,(H,19,20)/t16-/m0/s1. The molecule has 0 amide bonds. The first-order chi connectivity index (χ1) is 11.3. The average Bonchev–Trinajstić information content (AvgIpc) is 2.89. The molecule has 0 saturated carbocycles. The van der Waals surface area contributed by atoms with Crippen LogP contribution in [0.15, 0.2) is 47.4 Å². The Morgan fingerprint density at radius 2 is 1.75 bits per heavy atom. The van der Waals surface area contributed by atoms with E-state index in [0.717, 1.165) is 20.2 Å². The lowest BCUT2D eigenvalue weighted by Crippen LogP contribution is -2.44. The van der Waals surface area contributed by atoms with E-state index in [1.807, 2.05) is 24.3 Å². The Morgan fingerprint density at radius 3 is 2.42 bits per heavy atom. The highest BCUT2D eigenvalue weighted by Gasteiger charge is 2.28. The van der Waals surface area contributed by atoms with Gasteiger partial charge in [0.2, 0.25) is 10.0 Å². The number of carboxylic acid groups (broad SMARTS) is 1. The minimum Gasteiger partial charge on any atom is -0.480 e. The molecule has 1 atom stereocenters. The maximum absolute atomic E-state index is 12.5. The zero-order chi connectivity index (χ0) is 17.5. The predicted molar refractivity (Wildman–Crippen MR) is 95.9 cm³/mol. The van der Waals surface area contributed by atoms with Gasteiger partial charge in [-0.15, -0.1) is 11.3 Å². The van der Waals surface area contributed by atoms with Crippen LogP contribution in [-0.4, -0.2) is 25.5 Å². The van der Waals surface area contributed by atoms with Crippen LogP contribution < -0.4 is 4.72 Å². The lowest BCUT2D eigenvalue weighted by atomic mass is 10.1. The third-order valence-corrected chi connectivity index (χ3v) is 6.45. The summed E-state index contributed by atoms with van der Waals surface area (Å²) in [7, 11) is -3.90. The third-order valence-electron chi connectivity index (χ3n) is 3.88. The monoisotopic (exact) mass is 363 g/mol. The summed E-state index contributed by atoms with van der Waals surface area (Å²) in [6.45, 7) is 3.33. The van der Waals surface area contributed by atoms with Crippen molar-refractivity contribution >= 4 is 47.5 Å². The van der Waals surface area contributed by atoms with Crippen LogP contribution in [0.2, 0.25) is 0 Å². The van der Waals surface area contributed by atoms with Crippen LogP contribution in [0.3, 0.4) is 0 Å². The minimum absolute atomic E-state index is 0.0773. The zero-order valence-corrected chi connectivity index (χ0v) is 14.8. The first-order valence-corrected chi connectivity index (χ1v) is 9.76. The fraction of sp³-hybridized carbons (Fsp3) is 0.235. The molecule has 3 rings (SSSR count). The van der Waals surface area contributed by atoms with Crippen molar-refractivity contribution < 1.29 is 18.3 Å². The van der Waals surface area contributed by atoms with Gasteiger partial charge in [0.15, 0.2) is 0 Å². The molecule has 1 aromatic heterocycles. The number of sulfonamides is 1. The quantitative estimate of drug-likeness (QED) is 0.727. The molecule has 0 aliphatic rings. The van der Waals surface area contributed by atoms with Gasteiger partial charge in [-0.3, -0.25) is 4.79 Å². The summed E-state index contributed by atoms with van der Waals surface area (Å²) in [6.07, 6.45) is 0. The smallest absolute Gasteiger partial charge is 0.322 e. The van der Waals surface area contributed by atoms with Crippen molar-refractivity contribution in [2.75, 3.05) is 0 Å². The second-order valence-electron chi connectivity index (χ2n) is 5.94. The van der Waals surface area contributed by atoms with E-state index in [1.165, 1.54) is 17.4 Å². The molecule has 0 radical (unpaired) electrons. The molecule has 0 aliphatic heterocycles. The summed E-state index contributed by atoms with van der Waals surface area (Å²) in [5, 5.41) is 11.3. The van der Waals surface area contributed by atoms with E-state index < -0.39 is 22.0 Å². The summed E-state index contributed by atoms with van der Waals surface area (Å²) >= 11 is 1.51. The minimum atomic E-state index is -3.90. The highest BCUT2D eigenvalue weighted by Crippen LogP contribution is 2.34. The number of hydrogen-bond donors (Lipinski definition) is 2.